The lowest BCUT2D eigenvalue weighted by atomic mass is 10.1. The number of thioether (sulfide) groups is 1. The van der Waals surface area contributed by atoms with Crippen molar-refractivity contribution in [3.63, 3.8) is 0 Å². The first kappa shape index (κ1) is 18.0. The lowest BCUT2D eigenvalue weighted by Crippen LogP contribution is -2.33. The minimum Gasteiger partial charge on any atom is -0.508 e. The number of hydrogen-bond donors (Lipinski definition) is 2. The summed E-state index contributed by atoms with van der Waals surface area (Å²) in [6.07, 6.45) is -0.0993. The fraction of sp³-hybridized carbons (Fsp3) is 0.211. The Kier molecular flexibility index (Phi) is 4.99. The van der Waals surface area contributed by atoms with Crippen molar-refractivity contribution in [3.05, 3.63) is 53.6 Å². The van der Waals surface area contributed by atoms with Crippen LogP contribution in [-0.2, 0) is 9.59 Å². The van der Waals surface area contributed by atoms with E-state index in [2.05, 4.69) is 5.32 Å². The summed E-state index contributed by atoms with van der Waals surface area (Å²) in [7, 11) is 0. The predicted octanol–water partition coefficient (Wildman–Crippen LogP) is 3.61. The molecule has 1 aliphatic rings. The van der Waals surface area contributed by atoms with E-state index in [0.29, 0.717) is 16.9 Å². The Labute approximate surface area is 155 Å². The molecule has 1 heterocycles. The summed E-state index contributed by atoms with van der Waals surface area (Å²) in [4.78, 5) is 38.3. The molecule has 1 unspecified atom stereocenters. The third-order valence-corrected chi connectivity index (χ3v) is 5.07. The molecule has 1 fully saturated rings. The van der Waals surface area contributed by atoms with Crippen LogP contribution in [0.4, 0.5) is 16.2 Å². The molecule has 0 aliphatic carbocycles. The molecule has 2 aromatic carbocycles. The second-order valence-electron chi connectivity index (χ2n) is 6.14. The van der Waals surface area contributed by atoms with Gasteiger partial charge < -0.3 is 10.4 Å². The number of amides is 3. The van der Waals surface area contributed by atoms with Crippen molar-refractivity contribution in [1.29, 1.82) is 0 Å². The Morgan fingerprint density at radius 3 is 2.65 bits per heavy atom. The Balaban J connectivity index is 1.69. The van der Waals surface area contributed by atoms with Gasteiger partial charge in [-0.3, -0.25) is 14.4 Å². The van der Waals surface area contributed by atoms with Crippen molar-refractivity contribution in [3.8, 4) is 5.75 Å². The van der Waals surface area contributed by atoms with Gasteiger partial charge in [-0.1, -0.05) is 12.1 Å². The van der Waals surface area contributed by atoms with Crippen molar-refractivity contribution in [2.24, 2.45) is 0 Å². The van der Waals surface area contributed by atoms with Gasteiger partial charge in [0.2, 0.25) is 11.8 Å². The first-order valence-electron chi connectivity index (χ1n) is 8.06. The van der Waals surface area contributed by atoms with E-state index >= 15 is 0 Å². The van der Waals surface area contributed by atoms with Crippen LogP contribution < -0.4 is 10.2 Å². The number of imide groups is 1. The number of phenolic OH excluding ortho intramolecular Hbond substituents is 1. The number of anilines is 2. The van der Waals surface area contributed by atoms with Gasteiger partial charge >= 0.3 is 0 Å². The van der Waals surface area contributed by atoms with Crippen LogP contribution in [0.3, 0.4) is 0 Å². The van der Waals surface area contributed by atoms with E-state index in [0.717, 1.165) is 22.2 Å². The lowest BCUT2D eigenvalue weighted by molar-refractivity contribution is -0.121. The van der Waals surface area contributed by atoms with Crippen molar-refractivity contribution < 1.29 is 19.5 Å². The molecule has 3 rings (SSSR count). The number of nitrogens with zero attached hydrogens (tertiary/aromatic N) is 1. The SMILES string of the molecule is Cc1cccc(N2C(=O)SC(CC(=O)Nc3ccc(O)cc3C)C2=O)c1. The fourth-order valence-corrected chi connectivity index (χ4v) is 3.73. The van der Waals surface area contributed by atoms with Gasteiger partial charge in [0, 0.05) is 12.1 Å². The van der Waals surface area contributed by atoms with Crippen LogP contribution in [0.25, 0.3) is 0 Å². The molecule has 26 heavy (non-hydrogen) atoms. The number of carbonyl (C=O) groups is 3. The molecule has 2 aromatic rings. The van der Waals surface area contributed by atoms with E-state index in [4.69, 9.17) is 0 Å². The van der Waals surface area contributed by atoms with Crippen LogP contribution in [0.5, 0.6) is 5.75 Å². The molecule has 0 bridgehead atoms. The Hall–Kier alpha value is -2.80. The molecule has 6 nitrogen and oxygen atoms in total. The smallest absolute Gasteiger partial charge is 0.293 e. The summed E-state index contributed by atoms with van der Waals surface area (Å²) < 4.78 is 0. The van der Waals surface area contributed by atoms with Crippen LogP contribution in [0, 0.1) is 13.8 Å². The zero-order valence-electron chi connectivity index (χ0n) is 14.4. The third-order valence-electron chi connectivity index (χ3n) is 4.04. The standard InChI is InChI=1S/C19H18N2O4S/c1-11-4-3-5-13(8-11)21-18(24)16(26-19(21)25)10-17(23)20-15-7-6-14(22)9-12(15)2/h3-9,16,22H,10H2,1-2H3,(H,20,23). The van der Waals surface area contributed by atoms with Gasteiger partial charge in [-0.05, 0) is 67.1 Å². The van der Waals surface area contributed by atoms with E-state index in [1.54, 1.807) is 31.2 Å². The molecule has 3 amide bonds. The fourth-order valence-electron chi connectivity index (χ4n) is 2.75. The summed E-state index contributed by atoms with van der Waals surface area (Å²) in [6, 6.07) is 11.7. The zero-order valence-corrected chi connectivity index (χ0v) is 15.2. The van der Waals surface area contributed by atoms with E-state index in [1.807, 2.05) is 13.0 Å². The van der Waals surface area contributed by atoms with Crippen LogP contribution in [0.2, 0.25) is 0 Å². The van der Waals surface area contributed by atoms with Crippen LogP contribution >= 0.6 is 11.8 Å². The number of hydrogen-bond acceptors (Lipinski definition) is 5. The minimum absolute atomic E-state index is 0.0993. The van der Waals surface area contributed by atoms with Crippen molar-refractivity contribution in [1.82, 2.24) is 0 Å². The second-order valence-corrected chi connectivity index (χ2v) is 7.29. The molecule has 0 aromatic heterocycles. The number of benzene rings is 2. The van der Waals surface area contributed by atoms with Crippen molar-refractivity contribution >= 4 is 40.2 Å². The molecule has 1 saturated heterocycles. The summed E-state index contributed by atoms with van der Waals surface area (Å²) >= 11 is 0.865. The van der Waals surface area contributed by atoms with Crippen LogP contribution in [-0.4, -0.2) is 27.4 Å². The average Bonchev–Trinajstić information content (AvgIpc) is 2.84. The summed E-state index contributed by atoms with van der Waals surface area (Å²) in [6.45, 7) is 3.64. The maximum atomic E-state index is 12.6. The highest BCUT2D eigenvalue weighted by molar-refractivity contribution is 8.15. The molecule has 2 N–H and O–H groups in total. The first-order chi connectivity index (χ1) is 12.3. The molecular formula is C19H18N2O4S. The number of rotatable bonds is 4. The molecular weight excluding hydrogens is 352 g/mol. The van der Waals surface area contributed by atoms with Crippen molar-refractivity contribution in [2.45, 2.75) is 25.5 Å². The van der Waals surface area contributed by atoms with E-state index in [9.17, 15) is 19.5 Å². The molecule has 0 spiro atoms. The highest BCUT2D eigenvalue weighted by Gasteiger charge is 2.41. The molecule has 134 valence electrons. The Bertz CT molecular complexity index is 897. The molecule has 1 aliphatic heterocycles. The lowest BCUT2D eigenvalue weighted by Gasteiger charge is -2.14. The van der Waals surface area contributed by atoms with Gasteiger partial charge in [-0.15, -0.1) is 0 Å². The van der Waals surface area contributed by atoms with Gasteiger partial charge in [-0.25, -0.2) is 4.90 Å². The van der Waals surface area contributed by atoms with Gasteiger partial charge in [0.25, 0.3) is 5.24 Å². The Morgan fingerprint density at radius 1 is 1.19 bits per heavy atom. The van der Waals surface area contributed by atoms with Crippen LogP contribution in [0.15, 0.2) is 42.5 Å². The molecule has 0 radical (unpaired) electrons. The number of aromatic hydroxyl groups is 1. The number of carbonyl (C=O) groups excluding carboxylic acids is 3. The molecule has 7 heteroatoms. The minimum atomic E-state index is -0.750. The molecule has 0 saturated carbocycles. The van der Waals surface area contributed by atoms with Gasteiger partial charge in [-0.2, -0.15) is 0 Å². The molecule has 1 atom stereocenters. The largest absolute Gasteiger partial charge is 0.508 e. The zero-order chi connectivity index (χ0) is 18.8. The summed E-state index contributed by atoms with van der Waals surface area (Å²) in [5.74, 6) is -0.631. The second kappa shape index (κ2) is 7.21. The topological polar surface area (TPSA) is 86.7 Å². The monoisotopic (exact) mass is 370 g/mol. The number of aryl methyl sites for hydroxylation is 2. The van der Waals surface area contributed by atoms with Gasteiger partial charge in [0.05, 0.1) is 5.69 Å². The summed E-state index contributed by atoms with van der Waals surface area (Å²) in [5.41, 5.74) is 2.73. The van der Waals surface area contributed by atoms with E-state index in [-0.39, 0.29) is 29.2 Å². The number of phenols is 1. The summed E-state index contributed by atoms with van der Waals surface area (Å²) in [5, 5.41) is 11.0. The average molecular weight is 370 g/mol. The Morgan fingerprint density at radius 2 is 1.96 bits per heavy atom. The van der Waals surface area contributed by atoms with E-state index in [1.165, 1.54) is 12.1 Å². The quantitative estimate of drug-likeness (QED) is 0.803. The highest BCUT2D eigenvalue weighted by Crippen LogP contribution is 2.34. The van der Waals surface area contributed by atoms with E-state index < -0.39 is 5.25 Å². The maximum Gasteiger partial charge on any atom is 0.293 e. The predicted molar refractivity (Wildman–Crippen MR) is 102 cm³/mol. The normalized spacial score (nSPS) is 16.8. The first-order valence-corrected chi connectivity index (χ1v) is 8.94. The maximum absolute atomic E-state index is 12.6. The van der Waals surface area contributed by atoms with Crippen molar-refractivity contribution in [2.75, 3.05) is 10.2 Å². The van der Waals surface area contributed by atoms with Gasteiger partial charge in [0.1, 0.15) is 11.0 Å². The highest BCUT2D eigenvalue weighted by atomic mass is 32.2. The third kappa shape index (κ3) is 3.72. The number of nitrogens with one attached hydrogen (secondary N) is 1. The van der Waals surface area contributed by atoms with Gasteiger partial charge in [0.15, 0.2) is 0 Å². The van der Waals surface area contributed by atoms with Crippen LogP contribution in [0.1, 0.15) is 17.5 Å².